The number of allylic oxidation sites excluding steroid dienone is 1. The molecular formula is C13H23NO. The summed E-state index contributed by atoms with van der Waals surface area (Å²) in [6.07, 6.45) is 10.9. The Morgan fingerprint density at radius 3 is 2.93 bits per heavy atom. The quantitative estimate of drug-likeness (QED) is 0.697. The van der Waals surface area contributed by atoms with Crippen molar-refractivity contribution in [1.29, 1.82) is 0 Å². The van der Waals surface area contributed by atoms with Crippen LogP contribution in [-0.4, -0.2) is 23.3 Å². The van der Waals surface area contributed by atoms with Gasteiger partial charge in [0.1, 0.15) is 0 Å². The van der Waals surface area contributed by atoms with E-state index in [0.29, 0.717) is 6.04 Å². The highest BCUT2D eigenvalue weighted by molar-refractivity contribution is 5.17. The minimum Gasteiger partial charge on any atom is -0.384 e. The molecule has 1 unspecified atom stereocenters. The summed E-state index contributed by atoms with van der Waals surface area (Å²) in [6, 6.07) is 0.683. The van der Waals surface area contributed by atoms with Crippen LogP contribution in [0.2, 0.25) is 0 Å². The van der Waals surface area contributed by atoms with Crippen molar-refractivity contribution in [1.82, 2.24) is 5.32 Å². The Balaban J connectivity index is 1.88. The van der Waals surface area contributed by atoms with Gasteiger partial charge in [-0.05, 0) is 51.0 Å². The SMILES string of the molecule is CC(O)(CNC1CC1)C1=CCCCCC1. The molecule has 0 aromatic heterocycles. The fourth-order valence-corrected chi connectivity index (χ4v) is 2.25. The van der Waals surface area contributed by atoms with E-state index >= 15 is 0 Å². The van der Waals surface area contributed by atoms with E-state index in [-0.39, 0.29) is 0 Å². The first-order valence-electron chi connectivity index (χ1n) is 6.34. The van der Waals surface area contributed by atoms with E-state index in [2.05, 4.69) is 11.4 Å². The van der Waals surface area contributed by atoms with Gasteiger partial charge in [-0.3, -0.25) is 0 Å². The van der Waals surface area contributed by atoms with Crippen LogP contribution in [0.1, 0.15) is 51.9 Å². The summed E-state index contributed by atoms with van der Waals surface area (Å²) in [5, 5.41) is 13.8. The van der Waals surface area contributed by atoms with Gasteiger partial charge in [0.25, 0.3) is 0 Å². The normalized spacial score (nSPS) is 26.7. The third-order valence-electron chi connectivity index (χ3n) is 3.55. The van der Waals surface area contributed by atoms with Gasteiger partial charge in [0, 0.05) is 12.6 Å². The van der Waals surface area contributed by atoms with E-state index in [4.69, 9.17) is 0 Å². The number of aliphatic hydroxyl groups is 1. The van der Waals surface area contributed by atoms with Crippen molar-refractivity contribution < 1.29 is 5.11 Å². The van der Waals surface area contributed by atoms with Gasteiger partial charge in [0.05, 0.1) is 5.60 Å². The molecule has 2 rings (SSSR count). The van der Waals surface area contributed by atoms with Crippen LogP contribution in [0.4, 0.5) is 0 Å². The summed E-state index contributed by atoms with van der Waals surface area (Å²) in [6.45, 7) is 2.68. The molecule has 1 fully saturated rings. The Kier molecular flexibility index (Phi) is 3.47. The highest BCUT2D eigenvalue weighted by atomic mass is 16.3. The second-order valence-corrected chi connectivity index (χ2v) is 5.26. The highest BCUT2D eigenvalue weighted by Crippen LogP contribution is 2.27. The lowest BCUT2D eigenvalue weighted by Crippen LogP contribution is -2.40. The topological polar surface area (TPSA) is 32.3 Å². The fraction of sp³-hybridized carbons (Fsp3) is 0.846. The maximum absolute atomic E-state index is 10.4. The maximum atomic E-state index is 10.4. The molecule has 0 radical (unpaired) electrons. The molecule has 2 N–H and O–H groups in total. The summed E-state index contributed by atoms with van der Waals surface area (Å²) in [7, 11) is 0. The number of rotatable bonds is 4. The van der Waals surface area contributed by atoms with Crippen LogP contribution in [0.5, 0.6) is 0 Å². The first-order valence-corrected chi connectivity index (χ1v) is 6.34. The first-order chi connectivity index (χ1) is 7.18. The van der Waals surface area contributed by atoms with Crippen molar-refractivity contribution in [3.8, 4) is 0 Å². The molecule has 2 aliphatic rings. The molecule has 0 aliphatic heterocycles. The first kappa shape index (κ1) is 11.2. The maximum Gasteiger partial charge on any atom is 0.0952 e. The van der Waals surface area contributed by atoms with Gasteiger partial charge in [-0.15, -0.1) is 0 Å². The standard InChI is InChI=1S/C13H23NO/c1-13(15,10-14-12-8-9-12)11-6-4-2-3-5-7-11/h6,12,14-15H,2-5,7-10H2,1H3. The van der Waals surface area contributed by atoms with Crippen molar-refractivity contribution in [2.45, 2.75) is 63.5 Å². The molecule has 0 spiro atoms. The van der Waals surface area contributed by atoms with Crippen LogP contribution in [-0.2, 0) is 0 Å². The summed E-state index contributed by atoms with van der Waals surface area (Å²) in [5.41, 5.74) is 0.639. The van der Waals surface area contributed by atoms with Crippen LogP contribution < -0.4 is 5.32 Å². The molecule has 0 bridgehead atoms. The van der Waals surface area contributed by atoms with Crippen molar-refractivity contribution in [2.75, 3.05) is 6.54 Å². The summed E-state index contributed by atoms with van der Waals surface area (Å²) >= 11 is 0. The third-order valence-corrected chi connectivity index (χ3v) is 3.55. The van der Waals surface area contributed by atoms with Gasteiger partial charge < -0.3 is 10.4 Å². The summed E-state index contributed by atoms with van der Waals surface area (Å²) in [4.78, 5) is 0. The summed E-state index contributed by atoms with van der Waals surface area (Å²) in [5.74, 6) is 0. The Hall–Kier alpha value is -0.340. The van der Waals surface area contributed by atoms with E-state index in [1.807, 2.05) is 6.92 Å². The van der Waals surface area contributed by atoms with E-state index in [9.17, 15) is 5.11 Å². The lowest BCUT2D eigenvalue weighted by molar-refractivity contribution is 0.0930. The molecule has 0 amide bonds. The molecule has 0 saturated heterocycles. The molecule has 15 heavy (non-hydrogen) atoms. The molecule has 2 nitrogen and oxygen atoms in total. The molecule has 1 atom stereocenters. The molecule has 0 heterocycles. The molecule has 2 aliphatic carbocycles. The zero-order valence-corrected chi connectivity index (χ0v) is 9.76. The lowest BCUT2D eigenvalue weighted by atomic mass is 9.92. The molecule has 1 saturated carbocycles. The van der Waals surface area contributed by atoms with Crippen LogP contribution in [0.3, 0.4) is 0 Å². The second-order valence-electron chi connectivity index (χ2n) is 5.26. The van der Waals surface area contributed by atoms with Crippen molar-refractivity contribution in [2.24, 2.45) is 0 Å². The van der Waals surface area contributed by atoms with Crippen LogP contribution >= 0.6 is 0 Å². The van der Waals surface area contributed by atoms with Crippen LogP contribution in [0.25, 0.3) is 0 Å². The van der Waals surface area contributed by atoms with Gasteiger partial charge in [-0.2, -0.15) is 0 Å². The second kappa shape index (κ2) is 4.67. The minimum atomic E-state index is -0.618. The zero-order valence-electron chi connectivity index (χ0n) is 9.76. The van der Waals surface area contributed by atoms with Crippen molar-refractivity contribution in [3.05, 3.63) is 11.6 Å². The lowest BCUT2D eigenvalue weighted by Gasteiger charge is -2.27. The largest absolute Gasteiger partial charge is 0.384 e. The molecular weight excluding hydrogens is 186 g/mol. The predicted octanol–water partition coefficient (Wildman–Crippen LogP) is 2.38. The molecule has 86 valence electrons. The van der Waals surface area contributed by atoms with Gasteiger partial charge in [0.15, 0.2) is 0 Å². The average Bonchev–Trinajstić information content (AvgIpc) is 3.03. The Morgan fingerprint density at radius 2 is 2.20 bits per heavy atom. The molecule has 0 aromatic carbocycles. The molecule has 0 aromatic rings. The highest BCUT2D eigenvalue weighted by Gasteiger charge is 2.29. The van der Waals surface area contributed by atoms with Gasteiger partial charge in [-0.25, -0.2) is 0 Å². The third kappa shape index (κ3) is 3.32. The van der Waals surface area contributed by atoms with Gasteiger partial charge in [-0.1, -0.05) is 12.5 Å². The number of hydrogen-bond acceptors (Lipinski definition) is 2. The monoisotopic (exact) mass is 209 g/mol. The van der Waals surface area contributed by atoms with Crippen LogP contribution in [0, 0.1) is 0 Å². The average molecular weight is 209 g/mol. The smallest absolute Gasteiger partial charge is 0.0952 e. The number of nitrogens with one attached hydrogen (secondary N) is 1. The summed E-state index contributed by atoms with van der Waals surface area (Å²) < 4.78 is 0. The van der Waals surface area contributed by atoms with Gasteiger partial charge in [0.2, 0.25) is 0 Å². The van der Waals surface area contributed by atoms with E-state index in [0.717, 1.165) is 19.4 Å². The van der Waals surface area contributed by atoms with Crippen molar-refractivity contribution >= 4 is 0 Å². The zero-order chi connectivity index (χ0) is 10.7. The van der Waals surface area contributed by atoms with Gasteiger partial charge >= 0.3 is 0 Å². The van der Waals surface area contributed by atoms with E-state index in [1.54, 1.807) is 0 Å². The Bertz CT molecular complexity index is 241. The fourth-order valence-electron chi connectivity index (χ4n) is 2.25. The van der Waals surface area contributed by atoms with E-state index in [1.165, 1.54) is 37.7 Å². The predicted molar refractivity (Wildman–Crippen MR) is 62.8 cm³/mol. The van der Waals surface area contributed by atoms with Crippen LogP contribution in [0.15, 0.2) is 11.6 Å². The van der Waals surface area contributed by atoms with E-state index < -0.39 is 5.60 Å². The minimum absolute atomic E-state index is 0.618. The van der Waals surface area contributed by atoms with Crippen molar-refractivity contribution in [3.63, 3.8) is 0 Å². The Morgan fingerprint density at radius 1 is 1.40 bits per heavy atom. The molecule has 2 heteroatoms. The number of hydrogen-bond donors (Lipinski definition) is 2. The Labute approximate surface area is 92.8 Å².